The van der Waals surface area contributed by atoms with Gasteiger partial charge in [0.1, 0.15) is 11.6 Å². The molecular formula is C15H16FNO3S. The maximum absolute atomic E-state index is 13.1. The lowest BCUT2D eigenvalue weighted by Gasteiger charge is -2.13. The van der Waals surface area contributed by atoms with Crippen molar-refractivity contribution in [1.29, 1.82) is 0 Å². The fraction of sp³-hybridized carbons (Fsp3) is 0.200. The van der Waals surface area contributed by atoms with Crippen LogP contribution in [0.1, 0.15) is 16.7 Å². The molecule has 0 amide bonds. The van der Waals surface area contributed by atoms with E-state index in [0.29, 0.717) is 22.4 Å². The van der Waals surface area contributed by atoms with Crippen LogP contribution in [0.15, 0.2) is 35.2 Å². The molecule has 0 aromatic heterocycles. The molecule has 2 aromatic carbocycles. The zero-order chi connectivity index (χ0) is 15.8. The van der Waals surface area contributed by atoms with Gasteiger partial charge in [-0.25, -0.2) is 12.8 Å². The summed E-state index contributed by atoms with van der Waals surface area (Å²) in [5.74, 6) is -0.378. The van der Waals surface area contributed by atoms with Crippen LogP contribution >= 0.6 is 0 Å². The van der Waals surface area contributed by atoms with E-state index >= 15 is 0 Å². The first-order valence-corrected chi connectivity index (χ1v) is 7.78. The molecule has 0 aliphatic rings. The Morgan fingerprint density at radius 1 is 1.00 bits per heavy atom. The Balaban J connectivity index is 2.45. The molecule has 0 radical (unpaired) electrons. The van der Waals surface area contributed by atoms with E-state index in [4.69, 9.17) is 0 Å². The van der Waals surface area contributed by atoms with E-state index in [2.05, 4.69) is 4.72 Å². The normalized spacial score (nSPS) is 11.4. The van der Waals surface area contributed by atoms with Crippen LogP contribution < -0.4 is 4.72 Å². The Hall–Kier alpha value is -2.08. The van der Waals surface area contributed by atoms with Crippen molar-refractivity contribution in [2.45, 2.75) is 25.7 Å². The molecule has 2 rings (SSSR count). The molecule has 2 N–H and O–H groups in total. The van der Waals surface area contributed by atoms with Crippen LogP contribution in [0.4, 0.5) is 10.1 Å². The predicted octanol–water partition coefficient (Wildman–Crippen LogP) is 3.26. The Morgan fingerprint density at radius 2 is 1.67 bits per heavy atom. The highest BCUT2D eigenvalue weighted by atomic mass is 32.2. The maximum atomic E-state index is 13.1. The molecule has 0 atom stereocenters. The molecule has 112 valence electrons. The number of rotatable bonds is 3. The van der Waals surface area contributed by atoms with Gasteiger partial charge >= 0.3 is 0 Å². The number of nitrogens with one attached hydrogen (secondary N) is 1. The zero-order valence-electron chi connectivity index (χ0n) is 11.9. The van der Waals surface area contributed by atoms with Gasteiger partial charge in [0.05, 0.1) is 10.6 Å². The largest absolute Gasteiger partial charge is 0.508 e. The topological polar surface area (TPSA) is 66.4 Å². The molecule has 0 aliphatic heterocycles. The number of phenols is 1. The Kier molecular flexibility index (Phi) is 3.91. The van der Waals surface area contributed by atoms with Crippen molar-refractivity contribution in [1.82, 2.24) is 0 Å². The molecule has 0 fully saturated rings. The van der Waals surface area contributed by atoms with Crippen LogP contribution in [0.3, 0.4) is 0 Å². The molecule has 2 aromatic rings. The summed E-state index contributed by atoms with van der Waals surface area (Å²) in [6.45, 7) is 4.90. The monoisotopic (exact) mass is 309 g/mol. The second-order valence-electron chi connectivity index (χ2n) is 4.97. The third-order valence-electron chi connectivity index (χ3n) is 3.21. The Labute approximate surface area is 123 Å². The summed E-state index contributed by atoms with van der Waals surface area (Å²) in [6.07, 6.45) is 0. The van der Waals surface area contributed by atoms with E-state index in [9.17, 15) is 17.9 Å². The summed E-state index contributed by atoms with van der Waals surface area (Å²) in [7, 11) is -3.81. The molecule has 0 spiro atoms. The smallest absolute Gasteiger partial charge is 0.262 e. The lowest BCUT2D eigenvalue weighted by atomic mass is 10.1. The second kappa shape index (κ2) is 5.37. The molecule has 0 unspecified atom stereocenters. The zero-order valence-corrected chi connectivity index (χ0v) is 12.8. The summed E-state index contributed by atoms with van der Waals surface area (Å²) in [6, 6.07) is 6.56. The highest BCUT2D eigenvalue weighted by Crippen LogP contribution is 2.27. The van der Waals surface area contributed by atoms with Crippen LogP contribution in [-0.2, 0) is 10.0 Å². The Bertz CT molecular complexity index is 801. The van der Waals surface area contributed by atoms with Gasteiger partial charge in [0.15, 0.2) is 0 Å². The van der Waals surface area contributed by atoms with E-state index in [0.717, 1.165) is 6.07 Å². The van der Waals surface area contributed by atoms with Crippen LogP contribution in [-0.4, -0.2) is 13.5 Å². The molecule has 0 heterocycles. The maximum Gasteiger partial charge on any atom is 0.262 e. The van der Waals surface area contributed by atoms with E-state index in [1.165, 1.54) is 25.1 Å². The van der Waals surface area contributed by atoms with Crippen molar-refractivity contribution in [3.63, 3.8) is 0 Å². The van der Waals surface area contributed by atoms with Gasteiger partial charge in [0.2, 0.25) is 0 Å². The van der Waals surface area contributed by atoms with Gasteiger partial charge < -0.3 is 5.11 Å². The first-order chi connectivity index (χ1) is 9.70. The number of aryl methyl sites for hydroxylation is 3. The fourth-order valence-electron chi connectivity index (χ4n) is 2.02. The molecule has 0 saturated heterocycles. The van der Waals surface area contributed by atoms with Crippen LogP contribution in [0, 0.1) is 26.6 Å². The Morgan fingerprint density at radius 3 is 2.29 bits per heavy atom. The van der Waals surface area contributed by atoms with Crippen molar-refractivity contribution >= 4 is 15.7 Å². The van der Waals surface area contributed by atoms with Crippen molar-refractivity contribution in [2.75, 3.05) is 4.72 Å². The quantitative estimate of drug-likeness (QED) is 0.855. The highest BCUT2D eigenvalue weighted by Gasteiger charge is 2.18. The first-order valence-electron chi connectivity index (χ1n) is 6.30. The van der Waals surface area contributed by atoms with E-state index in [-0.39, 0.29) is 10.6 Å². The lowest BCUT2D eigenvalue weighted by Crippen LogP contribution is -2.15. The number of halogens is 1. The molecular weight excluding hydrogens is 293 g/mol. The van der Waals surface area contributed by atoms with Crippen molar-refractivity contribution in [3.05, 3.63) is 52.8 Å². The molecule has 6 heteroatoms. The minimum absolute atomic E-state index is 0.0222. The number of aromatic hydroxyl groups is 1. The SMILES string of the molecule is Cc1cc(NS(=O)(=O)c2ccc(F)cc2C)c(C)cc1O. The summed E-state index contributed by atoms with van der Waals surface area (Å²) in [5, 5.41) is 9.60. The number of anilines is 1. The van der Waals surface area contributed by atoms with Crippen molar-refractivity contribution in [2.24, 2.45) is 0 Å². The summed E-state index contributed by atoms with van der Waals surface area (Å²) in [5.41, 5.74) is 1.88. The molecule has 0 aliphatic carbocycles. The van der Waals surface area contributed by atoms with Gasteiger partial charge in [-0.05, 0) is 67.8 Å². The number of benzene rings is 2. The fourth-order valence-corrected chi connectivity index (χ4v) is 3.37. The van der Waals surface area contributed by atoms with E-state index in [1.54, 1.807) is 19.9 Å². The van der Waals surface area contributed by atoms with Gasteiger partial charge in [-0.1, -0.05) is 0 Å². The average molecular weight is 309 g/mol. The molecule has 21 heavy (non-hydrogen) atoms. The van der Waals surface area contributed by atoms with Gasteiger partial charge in [-0.2, -0.15) is 0 Å². The van der Waals surface area contributed by atoms with E-state index < -0.39 is 15.8 Å². The van der Waals surface area contributed by atoms with Crippen molar-refractivity contribution < 1.29 is 17.9 Å². The molecule has 0 saturated carbocycles. The number of hydrogen-bond donors (Lipinski definition) is 2. The summed E-state index contributed by atoms with van der Waals surface area (Å²) >= 11 is 0. The highest BCUT2D eigenvalue weighted by molar-refractivity contribution is 7.92. The van der Waals surface area contributed by atoms with E-state index in [1.807, 2.05) is 0 Å². The predicted molar refractivity (Wildman–Crippen MR) is 79.5 cm³/mol. The summed E-state index contributed by atoms with van der Waals surface area (Å²) < 4.78 is 40.3. The number of sulfonamides is 1. The minimum atomic E-state index is -3.81. The third kappa shape index (κ3) is 3.16. The van der Waals surface area contributed by atoms with Crippen LogP contribution in [0.5, 0.6) is 5.75 Å². The molecule has 4 nitrogen and oxygen atoms in total. The molecule has 0 bridgehead atoms. The van der Waals surface area contributed by atoms with Gasteiger partial charge in [0.25, 0.3) is 10.0 Å². The number of hydrogen-bond acceptors (Lipinski definition) is 3. The lowest BCUT2D eigenvalue weighted by molar-refractivity contribution is 0.471. The number of phenolic OH excluding ortho intramolecular Hbond substituents is 1. The van der Waals surface area contributed by atoms with Gasteiger partial charge in [0, 0.05) is 0 Å². The minimum Gasteiger partial charge on any atom is -0.508 e. The van der Waals surface area contributed by atoms with Crippen LogP contribution in [0.25, 0.3) is 0 Å². The summed E-state index contributed by atoms with van der Waals surface area (Å²) in [4.78, 5) is 0.0222. The first kappa shape index (κ1) is 15.3. The van der Waals surface area contributed by atoms with Gasteiger partial charge in [-0.15, -0.1) is 0 Å². The average Bonchev–Trinajstić information content (AvgIpc) is 2.35. The van der Waals surface area contributed by atoms with Crippen molar-refractivity contribution in [3.8, 4) is 5.75 Å². The second-order valence-corrected chi connectivity index (χ2v) is 6.62. The van der Waals surface area contributed by atoms with Crippen LogP contribution in [0.2, 0.25) is 0 Å². The van der Waals surface area contributed by atoms with Gasteiger partial charge in [-0.3, -0.25) is 4.72 Å². The standard InChI is InChI=1S/C15H16FNO3S/c1-9-8-14(18)10(2)7-13(9)17-21(19,20)15-5-4-12(16)6-11(15)3/h4-8,17-18H,1-3H3. The third-order valence-corrected chi connectivity index (χ3v) is 4.74.